The molecule has 0 fully saturated rings. The van der Waals surface area contributed by atoms with Gasteiger partial charge in [0, 0.05) is 32.2 Å². The van der Waals surface area contributed by atoms with Gasteiger partial charge in [-0.1, -0.05) is 20.8 Å². The normalized spacial score (nSPS) is 13.0. The molecule has 0 aliphatic rings. The molecule has 0 bridgehead atoms. The summed E-state index contributed by atoms with van der Waals surface area (Å²) < 4.78 is 2.02. The van der Waals surface area contributed by atoms with Gasteiger partial charge in [0.25, 0.3) is 0 Å². The molecular weight excluding hydrogens is 248 g/mol. The van der Waals surface area contributed by atoms with E-state index in [2.05, 4.69) is 57.0 Å². The molecule has 1 aromatic rings. The third-order valence-corrected chi connectivity index (χ3v) is 3.85. The standard InChI is InChI=1S/C16H32N4/c1-8-9-17-11-15-14(5)18-20(7)16(15)19(6)13(4)10-12(2)3/h12-13,17H,8-11H2,1-7H3. The number of nitrogens with one attached hydrogen (secondary N) is 1. The van der Waals surface area contributed by atoms with Gasteiger partial charge in [-0.15, -0.1) is 0 Å². The molecule has 0 aromatic carbocycles. The van der Waals surface area contributed by atoms with Crippen molar-refractivity contribution in [2.24, 2.45) is 13.0 Å². The number of hydrogen-bond acceptors (Lipinski definition) is 3. The Kier molecular flexibility index (Phi) is 6.53. The maximum Gasteiger partial charge on any atom is 0.131 e. The van der Waals surface area contributed by atoms with Crippen LogP contribution in [0.4, 0.5) is 5.82 Å². The van der Waals surface area contributed by atoms with Crippen LogP contribution in [0.5, 0.6) is 0 Å². The number of anilines is 1. The van der Waals surface area contributed by atoms with Gasteiger partial charge in [-0.25, -0.2) is 0 Å². The predicted octanol–water partition coefficient (Wildman–Crippen LogP) is 3.10. The van der Waals surface area contributed by atoms with Gasteiger partial charge in [-0.2, -0.15) is 5.10 Å². The van der Waals surface area contributed by atoms with Crippen molar-refractivity contribution in [2.45, 2.75) is 60.0 Å². The Labute approximate surface area is 124 Å². The zero-order valence-electron chi connectivity index (χ0n) is 14.3. The first-order valence-electron chi connectivity index (χ1n) is 7.84. The van der Waals surface area contributed by atoms with Crippen LogP contribution in [0.25, 0.3) is 0 Å². The van der Waals surface area contributed by atoms with E-state index in [4.69, 9.17) is 0 Å². The molecule has 1 atom stereocenters. The van der Waals surface area contributed by atoms with E-state index in [0.29, 0.717) is 12.0 Å². The summed E-state index contributed by atoms with van der Waals surface area (Å²) in [5.74, 6) is 1.96. The lowest BCUT2D eigenvalue weighted by Crippen LogP contribution is -2.33. The van der Waals surface area contributed by atoms with Gasteiger partial charge >= 0.3 is 0 Å². The van der Waals surface area contributed by atoms with Crippen LogP contribution in [0.1, 0.15) is 51.8 Å². The van der Waals surface area contributed by atoms with Crippen molar-refractivity contribution in [3.05, 3.63) is 11.3 Å². The molecule has 1 aromatic heterocycles. The fraction of sp³-hybridized carbons (Fsp3) is 0.812. The first-order valence-corrected chi connectivity index (χ1v) is 7.84. The van der Waals surface area contributed by atoms with Crippen LogP contribution in [0.15, 0.2) is 0 Å². The van der Waals surface area contributed by atoms with Gasteiger partial charge in [0.05, 0.1) is 5.69 Å². The second-order valence-corrected chi connectivity index (χ2v) is 6.28. The lowest BCUT2D eigenvalue weighted by Gasteiger charge is -2.29. The van der Waals surface area contributed by atoms with E-state index in [1.54, 1.807) is 0 Å². The molecule has 4 nitrogen and oxygen atoms in total. The highest BCUT2D eigenvalue weighted by atomic mass is 15.4. The van der Waals surface area contributed by atoms with Crippen LogP contribution in [-0.2, 0) is 13.6 Å². The predicted molar refractivity (Wildman–Crippen MR) is 87.3 cm³/mol. The van der Waals surface area contributed by atoms with Crippen molar-refractivity contribution in [1.29, 1.82) is 0 Å². The Morgan fingerprint density at radius 3 is 2.50 bits per heavy atom. The lowest BCUT2D eigenvalue weighted by molar-refractivity contribution is 0.496. The quantitative estimate of drug-likeness (QED) is 0.743. The third-order valence-electron chi connectivity index (χ3n) is 3.85. The summed E-state index contributed by atoms with van der Waals surface area (Å²) in [7, 11) is 4.23. The van der Waals surface area contributed by atoms with Crippen LogP contribution < -0.4 is 10.2 Å². The van der Waals surface area contributed by atoms with Gasteiger partial charge in [0.15, 0.2) is 0 Å². The SMILES string of the molecule is CCCNCc1c(C)nn(C)c1N(C)C(C)CC(C)C. The molecule has 1 rings (SSSR count). The van der Waals surface area contributed by atoms with Crippen LogP contribution in [0.3, 0.4) is 0 Å². The molecule has 0 aliphatic carbocycles. The highest BCUT2D eigenvalue weighted by molar-refractivity contribution is 5.50. The second-order valence-electron chi connectivity index (χ2n) is 6.28. The molecule has 0 aliphatic heterocycles. The van der Waals surface area contributed by atoms with Crippen LogP contribution >= 0.6 is 0 Å². The molecule has 1 N–H and O–H groups in total. The number of aryl methyl sites for hydroxylation is 2. The summed E-state index contributed by atoms with van der Waals surface area (Å²) in [6, 6.07) is 0.523. The van der Waals surface area contributed by atoms with E-state index >= 15 is 0 Å². The molecule has 0 saturated heterocycles. The fourth-order valence-corrected chi connectivity index (χ4v) is 2.78. The first kappa shape index (κ1) is 17.0. The molecule has 20 heavy (non-hydrogen) atoms. The summed E-state index contributed by atoms with van der Waals surface area (Å²) in [6.07, 6.45) is 2.36. The van der Waals surface area contributed by atoms with Crippen LogP contribution in [0.2, 0.25) is 0 Å². The second kappa shape index (κ2) is 7.67. The van der Waals surface area contributed by atoms with Gasteiger partial charge in [0.1, 0.15) is 5.82 Å². The van der Waals surface area contributed by atoms with E-state index in [1.165, 1.54) is 17.8 Å². The van der Waals surface area contributed by atoms with E-state index in [9.17, 15) is 0 Å². The Balaban J connectivity index is 2.91. The number of aromatic nitrogens is 2. The lowest BCUT2D eigenvalue weighted by atomic mass is 10.0. The van der Waals surface area contributed by atoms with Crippen molar-refractivity contribution in [2.75, 3.05) is 18.5 Å². The monoisotopic (exact) mass is 280 g/mol. The average molecular weight is 280 g/mol. The smallest absolute Gasteiger partial charge is 0.131 e. The first-order chi connectivity index (χ1) is 9.38. The van der Waals surface area contributed by atoms with Crippen LogP contribution in [-0.4, -0.2) is 29.4 Å². The minimum absolute atomic E-state index is 0.523. The zero-order valence-corrected chi connectivity index (χ0v) is 14.3. The summed E-state index contributed by atoms with van der Waals surface area (Å²) in [4.78, 5) is 2.38. The number of rotatable bonds is 8. The van der Waals surface area contributed by atoms with E-state index in [-0.39, 0.29) is 0 Å². The summed E-state index contributed by atoms with van der Waals surface area (Å²) in [5, 5.41) is 8.11. The van der Waals surface area contributed by atoms with E-state index in [0.717, 1.165) is 25.2 Å². The van der Waals surface area contributed by atoms with Gasteiger partial charge in [0.2, 0.25) is 0 Å². The average Bonchev–Trinajstić information content (AvgIpc) is 2.63. The fourth-order valence-electron chi connectivity index (χ4n) is 2.78. The molecule has 1 unspecified atom stereocenters. The molecular formula is C16H32N4. The Bertz CT molecular complexity index is 409. The maximum atomic E-state index is 4.61. The zero-order chi connectivity index (χ0) is 15.3. The number of nitrogens with zero attached hydrogens (tertiary/aromatic N) is 3. The van der Waals surface area contributed by atoms with Crippen LogP contribution in [0, 0.1) is 12.8 Å². The van der Waals surface area contributed by atoms with Gasteiger partial charge in [-0.05, 0) is 39.2 Å². The Morgan fingerprint density at radius 1 is 1.30 bits per heavy atom. The molecule has 0 radical (unpaired) electrons. The minimum Gasteiger partial charge on any atom is -0.357 e. The molecule has 0 spiro atoms. The highest BCUT2D eigenvalue weighted by Crippen LogP contribution is 2.25. The summed E-state index contributed by atoms with van der Waals surface area (Å²) >= 11 is 0. The summed E-state index contributed by atoms with van der Waals surface area (Å²) in [6.45, 7) is 13.1. The van der Waals surface area contributed by atoms with E-state index < -0.39 is 0 Å². The summed E-state index contributed by atoms with van der Waals surface area (Å²) in [5.41, 5.74) is 2.47. The number of hydrogen-bond donors (Lipinski definition) is 1. The van der Waals surface area contributed by atoms with Crippen molar-refractivity contribution in [1.82, 2.24) is 15.1 Å². The maximum absolute atomic E-state index is 4.61. The Hall–Kier alpha value is -1.03. The highest BCUT2D eigenvalue weighted by Gasteiger charge is 2.20. The van der Waals surface area contributed by atoms with E-state index in [1.807, 2.05) is 11.7 Å². The van der Waals surface area contributed by atoms with Crippen molar-refractivity contribution >= 4 is 5.82 Å². The van der Waals surface area contributed by atoms with Gasteiger partial charge < -0.3 is 10.2 Å². The van der Waals surface area contributed by atoms with Crippen molar-refractivity contribution < 1.29 is 0 Å². The molecule has 0 saturated carbocycles. The van der Waals surface area contributed by atoms with Gasteiger partial charge in [-0.3, -0.25) is 4.68 Å². The topological polar surface area (TPSA) is 33.1 Å². The van der Waals surface area contributed by atoms with Crippen molar-refractivity contribution in [3.63, 3.8) is 0 Å². The third kappa shape index (κ3) is 4.23. The largest absolute Gasteiger partial charge is 0.357 e. The molecule has 4 heteroatoms. The molecule has 116 valence electrons. The molecule has 0 amide bonds. The Morgan fingerprint density at radius 2 is 1.95 bits per heavy atom. The van der Waals surface area contributed by atoms with Crippen molar-refractivity contribution in [3.8, 4) is 0 Å². The molecule has 1 heterocycles. The minimum atomic E-state index is 0.523.